The van der Waals surface area contributed by atoms with Crippen LogP contribution in [0.4, 0.5) is 0 Å². The maximum Gasteiger partial charge on any atom is -0.0135 e. The molecule has 0 spiro atoms. The molecular formula is C11H16. The second-order valence-corrected chi connectivity index (χ2v) is 3.11. The van der Waals surface area contributed by atoms with Crippen molar-refractivity contribution in [3.8, 4) is 0 Å². The van der Waals surface area contributed by atoms with Gasteiger partial charge in [-0.25, -0.2) is 0 Å². The van der Waals surface area contributed by atoms with Crippen LogP contribution in [0.15, 0.2) is 35.5 Å². The lowest BCUT2D eigenvalue weighted by Crippen LogP contribution is -1.74. The Bertz CT molecular complexity index is 204. The first-order chi connectivity index (χ1) is 5.33. The van der Waals surface area contributed by atoms with Crippen LogP contribution in [-0.2, 0) is 0 Å². The van der Waals surface area contributed by atoms with Crippen molar-refractivity contribution in [1.82, 2.24) is 0 Å². The van der Waals surface area contributed by atoms with Gasteiger partial charge in [-0.2, -0.15) is 0 Å². The highest BCUT2D eigenvalue weighted by molar-refractivity contribution is 5.29. The van der Waals surface area contributed by atoms with Crippen LogP contribution in [0, 0.1) is 0 Å². The zero-order valence-corrected chi connectivity index (χ0v) is 7.43. The molecule has 11 heavy (non-hydrogen) atoms. The minimum atomic E-state index is 1.11. The average molecular weight is 148 g/mol. The quantitative estimate of drug-likeness (QED) is 0.561. The Kier molecular flexibility index (Phi) is 3.15. The lowest BCUT2D eigenvalue weighted by molar-refractivity contribution is 0.926. The molecule has 0 aromatic rings. The van der Waals surface area contributed by atoms with Gasteiger partial charge in [0.2, 0.25) is 0 Å². The molecule has 1 aliphatic carbocycles. The van der Waals surface area contributed by atoms with E-state index in [1.54, 1.807) is 0 Å². The van der Waals surface area contributed by atoms with Crippen LogP contribution in [0.1, 0.15) is 33.1 Å². The SMILES string of the molecule is CCCC1=CC=C(C)CC=C1. The molecule has 1 aliphatic rings. The van der Waals surface area contributed by atoms with Crippen molar-refractivity contribution in [3.05, 3.63) is 35.5 Å². The molecule has 0 bridgehead atoms. The van der Waals surface area contributed by atoms with E-state index in [-0.39, 0.29) is 0 Å². The largest absolute Gasteiger partial charge is 0.0802 e. The van der Waals surface area contributed by atoms with Crippen LogP contribution in [-0.4, -0.2) is 0 Å². The molecule has 0 radical (unpaired) electrons. The van der Waals surface area contributed by atoms with E-state index in [2.05, 4.69) is 38.2 Å². The molecular weight excluding hydrogens is 132 g/mol. The monoisotopic (exact) mass is 148 g/mol. The maximum atomic E-state index is 2.25. The van der Waals surface area contributed by atoms with Gasteiger partial charge in [0.1, 0.15) is 0 Å². The van der Waals surface area contributed by atoms with Crippen molar-refractivity contribution in [1.29, 1.82) is 0 Å². The third-order valence-corrected chi connectivity index (χ3v) is 1.89. The van der Waals surface area contributed by atoms with Gasteiger partial charge >= 0.3 is 0 Å². The summed E-state index contributed by atoms with van der Waals surface area (Å²) in [5.74, 6) is 0. The van der Waals surface area contributed by atoms with E-state index in [4.69, 9.17) is 0 Å². The fraction of sp³-hybridized carbons (Fsp3) is 0.455. The number of hydrogen-bond acceptors (Lipinski definition) is 0. The molecule has 0 saturated heterocycles. The Morgan fingerprint density at radius 1 is 1.36 bits per heavy atom. The molecule has 0 heterocycles. The average Bonchev–Trinajstić information content (AvgIpc) is 2.17. The molecule has 0 N–H and O–H groups in total. The summed E-state index contributed by atoms with van der Waals surface area (Å²) in [6.07, 6.45) is 12.5. The van der Waals surface area contributed by atoms with Gasteiger partial charge in [-0.15, -0.1) is 0 Å². The highest BCUT2D eigenvalue weighted by Crippen LogP contribution is 2.13. The first-order valence-electron chi connectivity index (χ1n) is 4.36. The summed E-state index contributed by atoms with van der Waals surface area (Å²) in [6.45, 7) is 4.39. The minimum Gasteiger partial charge on any atom is -0.0802 e. The smallest absolute Gasteiger partial charge is 0.0135 e. The van der Waals surface area contributed by atoms with Crippen molar-refractivity contribution >= 4 is 0 Å². The van der Waals surface area contributed by atoms with E-state index in [1.165, 1.54) is 24.0 Å². The minimum absolute atomic E-state index is 1.11. The maximum absolute atomic E-state index is 2.25. The Labute approximate surface area is 69.3 Å². The molecule has 0 nitrogen and oxygen atoms in total. The van der Waals surface area contributed by atoms with E-state index < -0.39 is 0 Å². The standard InChI is InChI=1S/C11H16/c1-3-5-11-7-4-6-10(2)8-9-11/h4,7-9H,3,5-6H2,1-2H3. The van der Waals surface area contributed by atoms with Gasteiger partial charge in [-0.3, -0.25) is 0 Å². The van der Waals surface area contributed by atoms with E-state index in [0.29, 0.717) is 0 Å². The normalized spacial score (nSPS) is 17.3. The molecule has 0 unspecified atom stereocenters. The van der Waals surface area contributed by atoms with Crippen molar-refractivity contribution in [2.45, 2.75) is 33.1 Å². The van der Waals surface area contributed by atoms with E-state index in [1.807, 2.05) is 0 Å². The molecule has 0 fully saturated rings. The second kappa shape index (κ2) is 4.17. The molecule has 0 saturated carbocycles. The summed E-state index contributed by atoms with van der Waals surface area (Å²) in [4.78, 5) is 0. The first kappa shape index (κ1) is 8.32. The topological polar surface area (TPSA) is 0 Å². The van der Waals surface area contributed by atoms with Crippen LogP contribution in [0.5, 0.6) is 0 Å². The summed E-state index contributed by atoms with van der Waals surface area (Å²) in [5, 5.41) is 0. The van der Waals surface area contributed by atoms with Gasteiger partial charge < -0.3 is 0 Å². The predicted octanol–water partition coefficient (Wildman–Crippen LogP) is 3.62. The Morgan fingerprint density at radius 2 is 2.18 bits per heavy atom. The lowest BCUT2D eigenvalue weighted by Gasteiger charge is -1.94. The van der Waals surface area contributed by atoms with Crippen molar-refractivity contribution < 1.29 is 0 Å². The van der Waals surface area contributed by atoms with Crippen molar-refractivity contribution in [2.24, 2.45) is 0 Å². The first-order valence-corrected chi connectivity index (χ1v) is 4.36. The zero-order valence-electron chi connectivity index (χ0n) is 7.43. The summed E-state index contributed by atoms with van der Waals surface area (Å²) in [6, 6.07) is 0. The fourth-order valence-electron chi connectivity index (χ4n) is 1.22. The Hall–Kier alpha value is -0.780. The van der Waals surface area contributed by atoms with Crippen molar-refractivity contribution in [2.75, 3.05) is 0 Å². The van der Waals surface area contributed by atoms with Gasteiger partial charge in [-0.1, -0.05) is 43.2 Å². The molecule has 0 heteroatoms. The van der Waals surface area contributed by atoms with Gasteiger partial charge in [0.05, 0.1) is 0 Å². The van der Waals surface area contributed by atoms with Crippen LogP contribution in [0.3, 0.4) is 0 Å². The van der Waals surface area contributed by atoms with E-state index in [0.717, 1.165) is 6.42 Å². The van der Waals surface area contributed by atoms with Gasteiger partial charge in [0.15, 0.2) is 0 Å². The third kappa shape index (κ3) is 2.75. The Balaban J connectivity index is 2.64. The highest BCUT2D eigenvalue weighted by Gasteiger charge is 1.93. The Morgan fingerprint density at radius 3 is 2.91 bits per heavy atom. The molecule has 0 atom stereocenters. The van der Waals surface area contributed by atoms with Crippen molar-refractivity contribution in [3.63, 3.8) is 0 Å². The summed E-state index contributed by atoms with van der Waals surface area (Å²) in [5.41, 5.74) is 2.91. The van der Waals surface area contributed by atoms with Gasteiger partial charge in [0, 0.05) is 0 Å². The van der Waals surface area contributed by atoms with Crippen LogP contribution in [0.25, 0.3) is 0 Å². The summed E-state index contributed by atoms with van der Waals surface area (Å²) >= 11 is 0. The molecule has 60 valence electrons. The third-order valence-electron chi connectivity index (χ3n) is 1.89. The van der Waals surface area contributed by atoms with E-state index in [9.17, 15) is 0 Å². The molecule has 0 aromatic heterocycles. The van der Waals surface area contributed by atoms with Gasteiger partial charge in [-0.05, 0) is 25.3 Å². The fourth-order valence-corrected chi connectivity index (χ4v) is 1.22. The number of rotatable bonds is 2. The predicted molar refractivity (Wildman–Crippen MR) is 50.5 cm³/mol. The van der Waals surface area contributed by atoms with Crippen LogP contribution < -0.4 is 0 Å². The molecule has 0 aromatic carbocycles. The highest BCUT2D eigenvalue weighted by atomic mass is 14.0. The molecule has 1 rings (SSSR count). The lowest BCUT2D eigenvalue weighted by atomic mass is 10.1. The second-order valence-electron chi connectivity index (χ2n) is 3.11. The van der Waals surface area contributed by atoms with E-state index >= 15 is 0 Å². The van der Waals surface area contributed by atoms with Crippen LogP contribution in [0.2, 0.25) is 0 Å². The van der Waals surface area contributed by atoms with Gasteiger partial charge in [0.25, 0.3) is 0 Å². The number of allylic oxidation sites excluding steroid dienone is 6. The summed E-state index contributed by atoms with van der Waals surface area (Å²) < 4.78 is 0. The molecule has 0 amide bonds. The molecule has 0 aliphatic heterocycles. The number of hydrogen-bond donors (Lipinski definition) is 0. The summed E-state index contributed by atoms with van der Waals surface area (Å²) in [7, 11) is 0. The van der Waals surface area contributed by atoms with Crippen LogP contribution >= 0.6 is 0 Å². The zero-order chi connectivity index (χ0) is 8.10.